The predicted octanol–water partition coefficient (Wildman–Crippen LogP) is 4.64. The van der Waals surface area contributed by atoms with Crippen molar-refractivity contribution >= 4 is 58.2 Å². The molecule has 0 spiro atoms. The normalized spacial score (nSPS) is 22.4. The topological polar surface area (TPSA) is 199 Å². The number of hydrogen-bond acceptors (Lipinski definition) is 13. The van der Waals surface area contributed by atoms with E-state index < -0.39 is 29.7 Å². The number of benzene rings is 2. The molecule has 0 bridgehead atoms. The smallest absolute Gasteiger partial charge is 0.293 e. The Morgan fingerprint density at radius 2 is 1.61 bits per heavy atom. The van der Waals surface area contributed by atoms with Gasteiger partial charge in [0.2, 0.25) is 11.8 Å². The molecule has 1 unspecified atom stereocenters. The van der Waals surface area contributed by atoms with E-state index in [1.807, 2.05) is 24.3 Å². The molecule has 18 nitrogen and oxygen atoms in total. The molecule has 18 heteroatoms. The Labute approximate surface area is 411 Å². The lowest BCUT2D eigenvalue weighted by molar-refractivity contribution is -0.136. The maximum Gasteiger partial charge on any atom is 0.293 e. The molecule has 5 aliphatic heterocycles. The zero-order valence-electron chi connectivity index (χ0n) is 40.6. The summed E-state index contributed by atoms with van der Waals surface area (Å²) in [5, 5.41) is 16.3. The van der Waals surface area contributed by atoms with Crippen LogP contribution in [-0.4, -0.2) is 121 Å². The molecule has 5 aromatic rings. The number of aliphatic hydroxyl groups is 1. The SMILES string of the molecule is C[C@H]1CN([C@H]2CCCN(c3ccc4c(c3)C(=O)N(C3CCC(=O)NC3=O)C4=O)CC2)CCN1c1ccc(Nc2nc(-c3ccnc(N4CCn5c(cc6c5CC(C)(C)C6)C4=O)c3CO)cn(C)c2=O)cc1. The van der Waals surface area contributed by atoms with Crippen molar-refractivity contribution in [2.75, 3.05) is 59.3 Å². The van der Waals surface area contributed by atoms with E-state index >= 15 is 0 Å². The zero-order chi connectivity index (χ0) is 49.5. The predicted molar refractivity (Wildman–Crippen MR) is 267 cm³/mol. The van der Waals surface area contributed by atoms with E-state index in [2.05, 4.69) is 67.8 Å². The lowest BCUT2D eigenvalue weighted by Crippen LogP contribution is -2.55. The van der Waals surface area contributed by atoms with Crippen LogP contribution < -0.4 is 30.9 Å². The number of nitrogens with one attached hydrogen (secondary N) is 2. The van der Waals surface area contributed by atoms with E-state index in [-0.39, 0.29) is 53.8 Å². The van der Waals surface area contributed by atoms with Gasteiger partial charge in [0.05, 0.1) is 23.4 Å². The molecule has 3 aromatic heterocycles. The minimum Gasteiger partial charge on any atom is -0.392 e. The summed E-state index contributed by atoms with van der Waals surface area (Å²) in [4.78, 5) is 98.0. The van der Waals surface area contributed by atoms with Crippen LogP contribution in [0.3, 0.4) is 0 Å². The maximum atomic E-state index is 14.0. The fourth-order valence-electron chi connectivity index (χ4n) is 12.0. The molecular weight excluding hydrogens is 903 g/mol. The van der Waals surface area contributed by atoms with Gasteiger partial charge in [0.25, 0.3) is 23.3 Å². The van der Waals surface area contributed by atoms with Crippen molar-refractivity contribution in [1.82, 2.24) is 34.2 Å². The lowest BCUT2D eigenvalue weighted by atomic mass is 9.90. The van der Waals surface area contributed by atoms with Crippen molar-refractivity contribution in [2.45, 2.75) is 97.0 Å². The number of carbonyl (C=O) groups is 5. The highest BCUT2D eigenvalue weighted by molar-refractivity contribution is 6.23. The van der Waals surface area contributed by atoms with Gasteiger partial charge in [-0.25, -0.2) is 9.97 Å². The first-order valence-corrected chi connectivity index (χ1v) is 24.8. The van der Waals surface area contributed by atoms with Gasteiger partial charge in [0.15, 0.2) is 5.82 Å². The van der Waals surface area contributed by atoms with Gasteiger partial charge in [0, 0.05) is 118 Å². The highest BCUT2D eigenvalue weighted by atomic mass is 16.3. The second-order valence-corrected chi connectivity index (χ2v) is 20.8. The van der Waals surface area contributed by atoms with Crippen LogP contribution in [0, 0.1) is 5.41 Å². The number of nitrogens with zero attached hydrogens (tertiary/aromatic N) is 9. The number of carbonyl (C=O) groups excluding carboxylic acids is 5. The number of hydrogen-bond donors (Lipinski definition) is 3. The van der Waals surface area contributed by atoms with E-state index in [1.165, 1.54) is 15.8 Å². The third-order valence-corrected chi connectivity index (χ3v) is 15.5. The number of anilines is 5. The maximum absolute atomic E-state index is 14.0. The van der Waals surface area contributed by atoms with E-state index in [9.17, 15) is 33.9 Å². The molecule has 11 rings (SSSR count). The molecule has 1 aliphatic carbocycles. The molecule has 0 radical (unpaired) electrons. The minimum absolute atomic E-state index is 0.0790. The molecule has 2 aromatic carbocycles. The van der Waals surface area contributed by atoms with Crippen LogP contribution in [0.1, 0.15) is 101 Å². The standard InChI is InChI=1S/C53H59N11O7/c1-31-28-60(34-6-5-18-59(19-16-34)36-11-12-38-39(25-36)50(69)64(49(38)68)42-13-14-45(66)57-48(42)67)20-21-61(31)35-9-7-33(8-10-35)55-46-52(71)58(4)29-41(56-46)37-15-17-54-47(40(37)30-65)63-23-22-62-43(51(63)70)24-32-26-53(2,3)27-44(32)62/h7-12,15,17,24-25,29,31,34,42,65H,5-6,13-14,16,18-23,26-28,30H2,1-4H3,(H,55,56)(H,57,66,67)/t31-,34-,42?/m0/s1. The van der Waals surface area contributed by atoms with Crippen LogP contribution in [0.4, 0.5) is 28.7 Å². The summed E-state index contributed by atoms with van der Waals surface area (Å²) < 4.78 is 3.62. The fraction of sp³-hybridized carbons (Fsp3) is 0.434. The molecule has 3 fully saturated rings. The second kappa shape index (κ2) is 17.9. The highest BCUT2D eigenvalue weighted by Gasteiger charge is 2.45. The third kappa shape index (κ3) is 8.25. The Kier molecular flexibility index (Phi) is 11.7. The number of fused-ring (bicyclic) bond motifs is 4. The number of imide groups is 2. The van der Waals surface area contributed by atoms with E-state index in [1.54, 1.807) is 42.5 Å². The van der Waals surface area contributed by atoms with Crippen molar-refractivity contribution in [3.05, 3.63) is 111 Å². The quantitative estimate of drug-likeness (QED) is 0.173. The Balaban J connectivity index is 0.725. The molecule has 3 saturated heterocycles. The largest absolute Gasteiger partial charge is 0.392 e. The Bertz CT molecular complexity index is 3090. The van der Waals surface area contributed by atoms with Gasteiger partial charge < -0.3 is 29.4 Å². The Hall–Kier alpha value is -7.18. The number of piperidine rings is 1. The monoisotopic (exact) mass is 961 g/mol. The van der Waals surface area contributed by atoms with Gasteiger partial charge >= 0.3 is 0 Å². The summed E-state index contributed by atoms with van der Waals surface area (Å²) in [6.45, 7) is 11.7. The molecule has 71 heavy (non-hydrogen) atoms. The van der Waals surface area contributed by atoms with Gasteiger partial charge in [-0.2, -0.15) is 0 Å². The second-order valence-electron chi connectivity index (χ2n) is 20.8. The summed E-state index contributed by atoms with van der Waals surface area (Å²) >= 11 is 0. The molecule has 3 atom stereocenters. The average molecular weight is 962 g/mol. The summed E-state index contributed by atoms with van der Waals surface area (Å²) in [6, 6.07) is 16.8. The van der Waals surface area contributed by atoms with Crippen LogP contribution in [0.5, 0.6) is 0 Å². The molecule has 8 heterocycles. The summed E-state index contributed by atoms with van der Waals surface area (Å²) in [6.07, 6.45) is 8.29. The Morgan fingerprint density at radius 1 is 0.817 bits per heavy atom. The van der Waals surface area contributed by atoms with Crippen molar-refractivity contribution in [2.24, 2.45) is 12.5 Å². The van der Waals surface area contributed by atoms with Gasteiger partial charge in [-0.05, 0) is 111 Å². The van der Waals surface area contributed by atoms with Crippen molar-refractivity contribution < 1.29 is 29.1 Å². The number of aryl methyl sites for hydroxylation is 1. The first kappa shape index (κ1) is 46.2. The summed E-state index contributed by atoms with van der Waals surface area (Å²) in [5.41, 5.74) is 7.70. The molecular formula is C53H59N11O7. The lowest BCUT2D eigenvalue weighted by Gasteiger charge is -2.44. The highest BCUT2D eigenvalue weighted by Crippen LogP contribution is 2.40. The minimum atomic E-state index is -0.993. The average Bonchev–Trinajstić information content (AvgIpc) is 3.83. The fourth-order valence-corrected chi connectivity index (χ4v) is 12.0. The van der Waals surface area contributed by atoms with Crippen molar-refractivity contribution in [3.63, 3.8) is 0 Å². The van der Waals surface area contributed by atoms with Gasteiger partial charge in [-0.1, -0.05) is 13.8 Å². The van der Waals surface area contributed by atoms with E-state index in [4.69, 9.17) is 4.98 Å². The first-order valence-electron chi connectivity index (χ1n) is 24.8. The number of aliphatic hydroxyl groups excluding tert-OH is 1. The van der Waals surface area contributed by atoms with Gasteiger partial charge in [0.1, 0.15) is 17.6 Å². The van der Waals surface area contributed by atoms with E-state index in [0.29, 0.717) is 58.7 Å². The Morgan fingerprint density at radius 3 is 2.38 bits per heavy atom. The molecule has 0 saturated carbocycles. The summed E-state index contributed by atoms with van der Waals surface area (Å²) in [5.74, 6) is -1.65. The first-order chi connectivity index (χ1) is 34.2. The number of piperazine rings is 1. The van der Waals surface area contributed by atoms with Gasteiger partial charge in [-0.3, -0.25) is 48.8 Å². The zero-order valence-corrected chi connectivity index (χ0v) is 40.6. The molecule has 6 aliphatic rings. The van der Waals surface area contributed by atoms with Crippen molar-refractivity contribution in [3.8, 4) is 11.3 Å². The van der Waals surface area contributed by atoms with E-state index in [0.717, 1.165) is 81.1 Å². The van der Waals surface area contributed by atoms with Crippen LogP contribution in [0.25, 0.3) is 11.3 Å². The number of rotatable bonds is 9. The number of aromatic nitrogens is 4. The van der Waals surface area contributed by atoms with Gasteiger partial charge in [-0.15, -0.1) is 0 Å². The third-order valence-electron chi connectivity index (χ3n) is 15.5. The van der Waals surface area contributed by atoms with Crippen LogP contribution >= 0.6 is 0 Å². The van der Waals surface area contributed by atoms with Crippen LogP contribution in [0.15, 0.2) is 71.8 Å². The molecule has 3 N–H and O–H groups in total. The molecule has 368 valence electrons. The number of amides is 5. The molecule has 5 amide bonds. The summed E-state index contributed by atoms with van der Waals surface area (Å²) in [7, 11) is 1.67. The van der Waals surface area contributed by atoms with Crippen LogP contribution in [0.2, 0.25) is 0 Å². The van der Waals surface area contributed by atoms with Crippen LogP contribution in [-0.2, 0) is 42.6 Å². The number of pyridine rings is 1. The van der Waals surface area contributed by atoms with Crippen molar-refractivity contribution in [1.29, 1.82) is 0 Å².